The second-order valence-corrected chi connectivity index (χ2v) is 10.1. The van der Waals surface area contributed by atoms with Crippen molar-refractivity contribution in [1.29, 1.82) is 0 Å². The van der Waals surface area contributed by atoms with E-state index in [-0.39, 0.29) is 0 Å². The second kappa shape index (κ2) is 7.71. The molecule has 1 unspecified atom stereocenters. The highest BCUT2D eigenvalue weighted by atomic mass is 32.2. The Hall–Kier alpha value is -1.01. The largest absolute Gasteiger partial charge is 0.325 e. The highest BCUT2D eigenvalue weighted by Crippen LogP contribution is 2.34. The molecule has 6 heteroatoms. The van der Waals surface area contributed by atoms with Crippen molar-refractivity contribution in [2.45, 2.75) is 61.3 Å². The Morgan fingerprint density at radius 2 is 1.91 bits per heavy atom. The van der Waals surface area contributed by atoms with Crippen LogP contribution >= 0.6 is 11.8 Å². The van der Waals surface area contributed by atoms with Crippen LogP contribution in [0.4, 0.5) is 5.69 Å². The topological polar surface area (TPSA) is 63.2 Å². The van der Waals surface area contributed by atoms with Crippen molar-refractivity contribution >= 4 is 33.2 Å². The van der Waals surface area contributed by atoms with Gasteiger partial charge in [0.25, 0.3) is 0 Å². The molecule has 1 N–H and O–H groups in total. The molecule has 0 aromatic heterocycles. The number of carbonyl (C=O) groups is 1. The molecule has 1 fully saturated rings. The van der Waals surface area contributed by atoms with Crippen molar-refractivity contribution < 1.29 is 13.2 Å². The van der Waals surface area contributed by atoms with E-state index < -0.39 is 21.0 Å². The summed E-state index contributed by atoms with van der Waals surface area (Å²) >= 11 is 1.91. The summed E-state index contributed by atoms with van der Waals surface area (Å²) in [6.45, 7) is 3.35. The first-order valence-electron chi connectivity index (χ1n) is 8.04. The van der Waals surface area contributed by atoms with Gasteiger partial charge in [-0.1, -0.05) is 19.3 Å². The summed E-state index contributed by atoms with van der Waals surface area (Å²) in [5, 5.41) is 2.37. The molecular formula is C17H25NO3S2. The summed E-state index contributed by atoms with van der Waals surface area (Å²) in [7, 11) is -3.38. The number of thioether (sulfide) groups is 1. The first-order valence-corrected chi connectivity index (χ1v) is 10.9. The number of anilines is 1. The lowest BCUT2D eigenvalue weighted by molar-refractivity contribution is -0.115. The molecular weight excluding hydrogens is 330 g/mol. The molecule has 128 valence electrons. The van der Waals surface area contributed by atoms with E-state index in [1.165, 1.54) is 43.9 Å². The third-order valence-corrected chi connectivity index (χ3v) is 7.15. The van der Waals surface area contributed by atoms with Gasteiger partial charge < -0.3 is 5.32 Å². The van der Waals surface area contributed by atoms with Crippen molar-refractivity contribution in [1.82, 2.24) is 0 Å². The van der Waals surface area contributed by atoms with Crippen LogP contribution in [0.15, 0.2) is 23.1 Å². The summed E-state index contributed by atoms with van der Waals surface area (Å²) in [5.74, 6) is -0.483. The summed E-state index contributed by atoms with van der Waals surface area (Å²) in [6.07, 6.45) is 7.60. The first-order chi connectivity index (χ1) is 10.8. The van der Waals surface area contributed by atoms with Crippen LogP contribution in [0.25, 0.3) is 0 Å². The van der Waals surface area contributed by atoms with Crippen molar-refractivity contribution in [2.75, 3.05) is 11.6 Å². The van der Waals surface area contributed by atoms with Gasteiger partial charge in [-0.25, -0.2) is 8.42 Å². The molecule has 1 aliphatic rings. The van der Waals surface area contributed by atoms with Crippen molar-refractivity contribution in [2.24, 2.45) is 0 Å². The van der Waals surface area contributed by atoms with Gasteiger partial charge >= 0.3 is 0 Å². The third-order valence-electron chi connectivity index (χ3n) is 4.32. The molecule has 23 heavy (non-hydrogen) atoms. The van der Waals surface area contributed by atoms with Crippen LogP contribution in [-0.4, -0.2) is 31.1 Å². The van der Waals surface area contributed by atoms with E-state index in [4.69, 9.17) is 0 Å². The molecule has 0 heterocycles. The number of nitrogens with one attached hydrogen (secondary N) is 1. The van der Waals surface area contributed by atoms with Gasteiger partial charge in [0.05, 0.1) is 0 Å². The third kappa shape index (κ3) is 5.24. The number of aryl methyl sites for hydroxylation is 1. The lowest BCUT2D eigenvalue weighted by Gasteiger charge is -2.21. The van der Waals surface area contributed by atoms with Gasteiger partial charge in [-0.3, -0.25) is 4.79 Å². The molecule has 1 amide bonds. The van der Waals surface area contributed by atoms with Crippen molar-refractivity contribution in [3.05, 3.63) is 23.8 Å². The Labute approximate surface area is 143 Å². The molecule has 1 saturated carbocycles. The Morgan fingerprint density at radius 1 is 1.26 bits per heavy atom. The fourth-order valence-corrected chi connectivity index (χ4v) is 4.45. The SMILES string of the molecule is Cc1cc(SC2CCCCC2)ccc1NC(=O)C(C)S(C)(=O)=O. The van der Waals surface area contributed by atoms with E-state index in [1.54, 1.807) is 0 Å². The minimum Gasteiger partial charge on any atom is -0.325 e. The quantitative estimate of drug-likeness (QED) is 0.873. The zero-order valence-corrected chi connectivity index (χ0v) is 15.6. The second-order valence-electron chi connectivity index (χ2n) is 6.32. The average molecular weight is 356 g/mol. The molecule has 0 bridgehead atoms. The summed E-state index contributed by atoms with van der Waals surface area (Å²) in [5.41, 5.74) is 1.64. The molecule has 0 saturated heterocycles. The normalized spacial score (nSPS) is 17.7. The molecule has 4 nitrogen and oxygen atoms in total. The van der Waals surface area contributed by atoms with Gasteiger partial charge in [-0.15, -0.1) is 11.8 Å². The molecule has 2 rings (SSSR count). The van der Waals surface area contributed by atoms with E-state index in [2.05, 4.69) is 11.4 Å². The van der Waals surface area contributed by atoms with Crippen LogP contribution in [0.3, 0.4) is 0 Å². The number of carbonyl (C=O) groups excluding carboxylic acids is 1. The molecule has 1 aromatic carbocycles. The van der Waals surface area contributed by atoms with Gasteiger partial charge in [0.1, 0.15) is 5.25 Å². The number of rotatable bonds is 5. The van der Waals surface area contributed by atoms with Gasteiger partial charge in [-0.05, 0) is 50.5 Å². The molecule has 1 atom stereocenters. The number of amides is 1. The van der Waals surface area contributed by atoms with Gasteiger partial charge in [0.15, 0.2) is 9.84 Å². The van der Waals surface area contributed by atoms with Crippen LogP contribution in [-0.2, 0) is 14.6 Å². The smallest absolute Gasteiger partial charge is 0.242 e. The predicted octanol–water partition coefficient (Wildman–Crippen LogP) is 3.79. The average Bonchev–Trinajstić information content (AvgIpc) is 2.49. The number of benzene rings is 1. The lowest BCUT2D eigenvalue weighted by atomic mass is 10.0. The molecule has 1 aromatic rings. The van der Waals surface area contributed by atoms with Crippen molar-refractivity contribution in [3.8, 4) is 0 Å². The maximum atomic E-state index is 12.0. The van der Waals surface area contributed by atoms with Crippen LogP contribution in [0.1, 0.15) is 44.6 Å². The van der Waals surface area contributed by atoms with Crippen LogP contribution in [0.5, 0.6) is 0 Å². The summed E-state index contributed by atoms with van der Waals surface area (Å²) < 4.78 is 22.9. The van der Waals surface area contributed by atoms with E-state index in [0.717, 1.165) is 11.8 Å². The predicted molar refractivity (Wildman–Crippen MR) is 96.8 cm³/mol. The van der Waals surface area contributed by atoms with E-state index in [9.17, 15) is 13.2 Å². The van der Waals surface area contributed by atoms with Gasteiger partial charge in [0, 0.05) is 22.1 Å². The Kier molecular flexibility index (Phi) is 6.14. The maximum absolute atomic E-state index is 12.0. The number of sulfone groups is 1. The fraction of sp³-hybridized carbons (Fsp3) is 0.588. The zero-order valence-electron chi connectivity index (χ0n) is 14.0. The minimum atomic E-state index is -3.38. The Morgan fingerprint density at radius 3 is 2.48 bits per heavy atom. The maximum Gasteiger partial charge on any atom is 0.242 e. The van der Waals surface area contributed by atoms with E-state index >= 15 is 0 Å². The first kappa shape index (κ1) is 18.3. The van der Waals surface area contributed by atoms with E-state index in [0.29, 0.717) is 10.9 Å². The Bertz CT molecular complexity index is 664. The molecule has 0 radical (unpaired) electrons. The number of hydrogen-bond acceptors (Lipinski definition) is 4. The highest BCUT2D eigenvalue weighted by Gasteiger charge is 2.24. The lowest BCUT2D eigenvalue weighted by Crippen LogP contribution is -2.32. The molecule has 1 aliphatic carbocycles. The highest BCUT2D eigenvalue weighted by molar-refractivity contribution is 8.00. The fourth-order valence-electron chi connectivity index (χ4n) is 2.65. The Balaban J connectivity index is 2.03. The summed E-state index contributed by atoms with van der Waals surface area (Å²) in [6, 6.07) is 5.94. The number of hydrogen-bond donors (Lipinski definition) is 1. The minimum absolute atomic E-state index is 0.483. The van der Waals surface area contributed by atoms with Crippen molar-refractivity contribution in [3.63, 3.8) is 0 Å². The zero-order chi connectivity index (χ0) is 17.0. The van der Waals surface area contributed by atoms with Crippen LogP contribution in [0.2, 0.25) is 0 Å². The van der Waals surface area contributed by atoms with Gasteiger partial charge in [-0.2, -0.15) is 0 Å². The standard InChI is InChI=1S/C17H25NO3S2/c1-12-11-15(22-14-7-5-4-6-8-14)9-10-16(12)18-17(19)13(2)23(3,20)21/h9-11,13-14H,4-8H2,1-3H3,(H,18,19). The van der Waals surface area contributed by atoms with E-state index in [1.807, 2.05) is 30.8 Å². The van der Waals surface area contributed by atoms with Crippen LogP contribution in [0, 0.1) is 6.92 Å². The molecule has 0 spiro atoms. The van der Waals surface area contributed by atoms with Gasteiger partial charge in [0.2, 0.25) is 5.91 Å². The monoisotopic (exact) mass is 355 g/mol. The molecule has 0 aliphatic heterocycles. The van der Waals surface area contributed by atoms with Crippen LogP contribution < -0.4 is 5.32 Å². The summed E-state index contributed by atoms with van der Waals surface area (Å²) in [4.78, 5) is 13.2.